The van der Waals surface area contributed by atoms with E-state index in [-0.39, 0.29) is 22.4 Å². The summed E-state index contributed by atoms with van der Waals surface area (Å²) >= 11 is 0. The predicted octanol–water partition coefficient (Wildman–Crippen LogP) is -2.71. The van der Waals surface area contributed by atoms with E-state index in [9.17, 15) is 0 Å². The van der Waals surface area contributed by atoms with E-state index in [0.717, 1.165) is 0 Å². The molecule has 0 unspecified atom stereocenters. The predicted molar refractivity (Wildman–Crippen MR) is 6.92 cm³/mol. The van der Waals surface area contributed by atoms with Crippen LogP contribution in [0.3, 0.4) is 0 Å². The second-order valence-electron chi connectivity index (χ2n) is 0.224. The zero-order chi connectivity index (χ0) is 3.58. The average Bonchev–Trinajstić information content (AvgIpc) is 0.811. The fourth-order valence-electron chi connectivity index (χ4n) is 0. The molecule has 0 atom stereocenters. The van der Waals surface area contributed by atoms with Crippen LogP contribution in [0.1, 0.15) is 0 Å². The van der Waals surface area contributed by atoms with Gasteiger partial charge in [0.1, 0.15) is 0 Å². The van der Waals surface area contributed by atoms with Gasteiger partial charge in [-0.15, -0.1) is 0 Å². The second kappa shape index (κ2) is 5.05. The molecule has 0 saturated carbocycles. The monoisotopic (exact) mass is 186 g/mol. The smallest absolute Gasteiger partial charge is 0 e. The molecule has 0 bridgehead atoms. The van der Waals surface area contributed by atoms with Crippen molar-refractivity contribution in [2.24, 2.45) is 0 Å². The Morgan fingerprint density at radius 1 is 1.00 bits per heavy atom. The van der Waals surface area contributed by atoms with Crippen LogP contribution >= 0.6 is 8.60 Å². The number of hydrogen-bond acceptors (Lipinski definition) is 3. The van der Waals surface area contributed by atoms with E-state index in [4.69, 9.17) is 14.7 Å². The Balaban J connectivity index is 0. The molecule has 0 aliphatic carbocycles. The Hall–Kier alpha value is 1.05. The van der Waals surface area contributed by atoms with Crippen molar-refractivity contribution >= 4 is 8.60 Å². The van der Waals surface area contributed by atoms with Gasteiger partial charge in [-0.1, -0.05) is 0 Å². The maximum atomic E-state index is 8.48. The third-order valence-corrected chi connectivity index (χ3v) is 0. The van der Waals surface area contributed by atoms with E-state index in [1.165, 1.54) is 0 Å². The molecule has 0 fully saturated rings. The van der Waals surface area contributed by atoms with Gasteiger partial charge in [0.2, 0.25) is 0 Å². The minimum absolute atomic E-state index is 0. The summed E-state index contributed by atoms with van der Waals surface area (Å²) in [5.41, 5.74) is 0. The van der Waals surface area contributed by atoms with Crippen molar-refractivity contribution in [1.29, 1.82) is 0 Å². The molecule has 0 aliphatic heterocycles. The van der Waals surface area contributed by atoms with E-state index in [1.807, 2.05) is 0 Å². The molecule has 5 heavy (non-hydrogen) atoms. The first kappa shape index (κ1) is 9.41. The first-order valence-electron chi connectivity index (χ1n) is 0.548. The molecule has 0 aromatic carbocycles. The van der Waals surface area contributed by atoms with Gasteiger partial charge < -0.3 is 23.3 Å². The minimum atomic E-state index is -3.37. The zero-order valence-electron chi connectivity index (χ0n) is 1.97. The van der Waals surface area contributed by atoms with Crippen molar-refractivity contribution in [1.82, 2.24) is 0 Å². The Morgan fingerprint density at radius 2 is 1.00 bits per heavy atom. The first-order valence-corrected chi connectivity index (χ1v) is 1.64. The molecule has 0 amide bonds. The van der Waals surface area contributed by atoms with Gasteiger partial charge >= 0.3 is 0 Å². The quantitative estimate of drug-likeness (QED) is 0.305. The summed E-state index contributed by atoms with van der Waals surface area (Å²) in [4.78, 5) is 25.4. The summed E-state index contributed by atoms with van der Waals surface area (Å²) in [6, 6.07) is 0. The summed E-state index contributed by atoms with van der Waals surface area (Å²) in [6.07, 6.45) is 0. The van der Waals surface area contributed by atoms with Crippen LogP contribution in [-0.4, -0.2) is 0 Å². The maximum Gasteiger partial charge on any atom is 0 e. The number of hydrogen-bond donors (Lipinski definition) is 0. The minimum Gasteiger partial charge on any atom is -0.854 e. The Kier molecular flexibility index (Phi) is 9.50. The molecule has 3 nitrogen and oxygen atoms in total. The van der Waals surface area contributed by atoms with Crippen LogP contribution in [0.4, 0.5) is 0 Å². The zero-order valence-corrected chi connectivity index (χ0v) is 4.35. The molecule has 0 heterocycles. The summed E-state index contributed by atoms with van der Waals surface area (Å²) in [6.45, 7) is 0. The largest absolute Gasteiger partial charge is 0.854 e. The Labute approximate surface area is 46.2 Å². The van der Waals surface area contributed by atoms with Crippen LogP contribution in [0.25, 0.3) is 0 Å². The third-order valence-electron chi connectivity index (χ3n) is 0. The number of rotatable bonds is 0. The normalized spacial score (nSPS) is 7.20. The van der Waals surface area contributed by atoms with E-state index in [2.05, 4.69) is 0 Å². The molecule has 0 aromatic rings. The van der Waals surface area contributed by atoms with Crippen molar-refractivity contribution < 1.29 is 37.1 Å². The van der Waals surface area contributed by atoms with Crippen LogP contribution in [0.5, 0.6) is 0 Å². The van der Waals surface area contributed by atoms with Gasteiger partial charge in [-0.25, -0.2) is 0 Å². The van der Waals surface area contributed by atoms with E-state index in [0.29, 0.717) is 0 Å². The van der Waals surface area contributed by atoms with Gasteiger partial charge in [0.05, 0.1) is 0 Å². The van der Waals surface area contributed by atoms with E-state index in [1.54, 1.807) is 0 Å². The van der Waals surface area contributed by atoms with Gasteiger partial charge in [0, 0.05) is 22.4 Å². The Bertz CT molecular complexity index is 11.6. The maximum absolute atomic E-state index is 8.48. The standard InChI is InChI=1S/Ag.O3P/c;1-4(2)3/q;-3. The third kappa shape index (κ3) is 42.6. The van der Waals surface area contributed by atoms with Gasteiger partial charge in [-0.3, -0.25) is 0 Å². The molecule has 0 aliphatic rings. The molecular formula is AgO3P-3. The second-order valence-corrected chi connectivity index (χ2v) is 0.671. The Morgan fingerprint density at radius 3 is 1.00 bits per heavy atom. The molecule has 37 valence electrons. The summed E-state index contributed by atoms with van der Waals surface area (Å²) < 4.78 is 0. The van der Waals surface area contributed by atoms with Crippen molar-refractivity contribution in [3.05, 3.63) is 0 Å². The van der Waals surface area contributed by atoms with Crippen molar-refractivity contribution in [3.63, 3.8) is 0 Å². The first-order chi connectivity index (χ1) is 1.73. The fraction of sp³-hybridized carbons (Fsp3) is 0. The molecule has 0 aromatic heterocycles. The summed E-state index contributed by atoms with van der Waals surface area (Å²) in [7, 11) is -3.37. The van der Waals surface area contributed by atoms with E-state index < -0.39 is 8.60 Å². The van der Waals surface area contributed by atoms with Crippen LogP contribution in [0.15, 0.2) is 0 Å². The van der Waals surface area contributed by atoms with Crippen molar-refractivity contribution in [2.75, 3.05) is 0 Å². The summed E-state index contributed by atoms with van der Waals surface area (Å²) in [5, 5.41) is 0. The SMILES string of the molecule is [Ag].[O-]P([O-])[O-]. The molecule has 0 saturated heterocycles. The van der Waals surface area contributed by atoms with Crippen LogP contribution in [0.2, 0.25) is 0 Å². The fourth-order valence-corrected chi connectivity index (χ4v) is 0. The molecule has 1 radical (unpaired) electrons. The molecule has 0 spiro atoms. The topological polar surface area (TPSA) is 69.2 Å². The van der Waals surface area contributed by atoms with Crippen LogP contribution in [0, 0.1) is 0 Å². The molecular weight excluding hydrogens is 187 g/mol. The van der Waals surface area contributed by atoms with Gasteiger partial charge in [-0.2, -0.15) is 0 Å². The van der Waals surface area contributed by atoms with Crippen LogP contribution in [-0.2, 0) is 22.4 Å². The summed E-state index contributed by atoms with van der Waals surface area (Å²) in [5.74, 6) is 0. The van der Waals surface area contributed by atoms with Gasteiger partial charge in [0.25, 0.3) is 0 Å². The molecule has 0 N–H and O–H groups in total. The van der Waals surface area contributed by atoms with Gasteiger partial charge in [-0.05, 0) is 0 Å². The van der Waals surface area contributed by atoms with Crippen molar-refractivity contribution in [3.8, 4) is 0 Å². The molecule has 5 heteroatoms. The van der Waals surface area contributed by atoms with Gasteiger partial charge in [0.15, 0.2) is 0 Å². The molecule has 0 rings (SSSR count). The van der Waals surface area contributed by atoms with Crippen molar-refractivity contribution in [2.45, 2.75) is 0 Å². The average molecular weight is 187 g/mol. The van der Waals surface area contributed by atoms with Crippen LogP contribution < -0.4 is 14.7 Å². The van der Waals surface area contributed by atoms with E-state index >= 15 is 0 Å².